The minimum atomic E-state index is 0.126. The lowest BCUT2D eigenvalue weighted by Crippen LogP contribution is -2.05. The molecule has 0 fully saturated rings. The van der Waals surface area contributed by atoms with Crippen LogP contribution in [-0.4, -0.2) is 37.1 Å². The minimum Gasteiger partial charge on any atom is -0.479 e. The van der Waals surface area contributed by atoms with Gasteiger partial charge in [0.05, 0.1) is 19.9 Å². The molecule has 0 saturated heterocycles. The number of fused-ring (bicyclic) bond motifs is 1. The maximum atomic E-state index is 5.82. The summed E-state index contributed by atoms with van der Waals surface area (Å²) in [5.74, 6) is 1.48. The molecule has 3 aromatic heterocycles. The monoisotopic (exact) mass is 294 g/mol. The highest BCUT2D eigenvalue weighted by molar-refractivity contribution is 6.28. The molecule has 0 amide bonds. The Bertz CT molecular complexity index is 753. The first-order valence-electron chi connectivity index (χ1n) is 5.89. The Kier molecular flexibility index (Phi) is 3.23. The number of hydrogen-bond donors (Lipinski definition) is 0. The Balaban J connectivity index is 1.91. The van der Waals surface area contributed by atoms with Gasteiger partial charge in [-0.3, -0.25) is 4.68 Å². The van der Waals surface area contributed by atoms with Crippen molar-refractivity contribution in [2.75, 3.05) is 7.11 Å². The number of aryl methyl sites for hydroxylation is 3. The molecular formula is C11H11ClN6O2. The van der Waals surface area contributed by atoms with Crippen molar-refractivity contribution in [2.24, 2.45) is 0 Å². The van der Waals surface area contributed by atoms with Crippen molar-refractivity contribution in [1.82, 2.24) is 29.9 Å². The highest BCUT2D eigenvalue weighted by Crippen LogP contribution is 2.23. The molecule has 0 bridgehead atoms. The van der Waals surface area contributed by atoms with Crippen LogP contribution < -0.4 is 4.74 Å². The van der Waals surface area contributed by atoms with Crippen LogP contribution in [0.4, 0.5) is 0 Å². The molecule has 3 rings (SSSR count). The van der Waals surface area contributed by atoms with Gasteiger partial charge in [0.1, 0.15) is 11.0 Å². The van der Waals surface area contributed by atoms with E-state index in [9.17, 15) is 0 Å². The van der Waals surface area contributed by atoms with Gasteiger partial charge in [0.25, 0.3) is 0 Å². The Morgan fingerprint density at radius 2 is 2.20 bits per heavy atom. The van der Waals surface area contributed by atoms with E-state index in [0.29, 0.717) is 41.7 Å². The smallest absolute Gasteiger partial charge is 0.244 e. The first-order valence-corrected chi connectivity index (χ1v) is 6.27. The lowest BCUT2D eigenvalue weighted by atomic mass is 10.4. The molecule has 0 aromatic carbocycles. The van der Waals surface area contributed by atoms with Crippen LogP contribution in [0.3, 0.4) is 0 Å². The highest BCUT2D eigenvalue weighted by atomic mass is 35.5. The van der Waals surface area contributed by atoms with E-state index in [4.69, 9.17) is 20.8 Å². The third-order valence-corrected chi connectivity index (χ3v) is 2.90. The molecule has 9 heteroatoms. The molecule has 0 aliphatic rings. The lowest BCUT2D eigenvalue weighted by molar-refractivity contribution is 0.397. The molecule has 8 nitrogen and oxygen atoms in total. The van der Waals surface area contributed by atoms with E-state index in [1.807, 2.05) is 0 Å². The van der Waals surface area contributed by atoms with Crippen LogP contribution in [-0.2, 0) is 13.0 Å². The van der Waals surface area contributed by atoms with Crippen LogP contribution in [0.2, 0.25) is 5.28 Å². The van der Waals surface area contributed by atoms with E-state index >= 15 is 0 Å². The number of nitrogens with zero attached hydrogens (tertiary/aromatic N) is 6. The number of methoxy groups -OCH3 is 1. The van der Waals surface area contributed by atoms with Crippen molar-refractivity contribution in [3.63, 3.8) is 0 Å². The molecule has 0 saturated carbocycles. The standard InChI is InChI=1S/C11H11ClN6O2/c1-6-16-17-8(20-6)3-4-18-9-7(5-13-18)14-11(12)15-10(9)19-2/h5H,3-4H2,1-2H3. The van der Waals surface area contributed by atoms with Crippen LogP contribution in [0.25, 0.3) is 11.0 Å². The van der Waals surface area contributed by atoms with Gasteiger partial charge < -0.3 is 9.15 Å². The molecule has 20 heavy (non-hydrogen) atoms. The van der Waals surface area contributed by atoms with Gasteiger partial charge >= 0.3 is 0 Å². The van der Waals surface area contributed by atoms with E-state index in [1.54, 1.807) is 17.8 Å². The Morgan fingerprint density at radius 3 is 2.90 bits per heavy atom. The summed E-state index contributed by atoms with van der Waals surface area (Å²) in [6, 6.07) is 0. The normalized spacial score (nSPS) is 11.2. The quantitative estimate of drug-likeness (QED) is 0.672. The van der Waals surface area contributed by atoms with Crippen molar-refractivity contribution >= 4 is 22.6 Å². The van der Waals surface area contributed by atoms with Crippen LogP contribution in [0.15, 0.2) is 10.6 Å². The number of ether oxygens (including phenoxy) is 1. The summed E-state index contributed by atoms with van der Waals surface area (Å²) in [6.45, 7) is 2.30. The van der Waals surface area contributed by atoms with Crippen LogP contribution >= 0.6 is 11.6 Å². The zero-order chi connectivity index (χ0) is 14.1. The highest BCUT2D eigenvalue weighted by Gasteiger charge is 2.14. The fourth-order valence-electron chi connectivity index (χ4n) is 1.89. The van der Waals surface area contributed by atoms with Crippen LogP contribution in [0.5, 0.6) is 5.88 Å². The van der Waals surface area contributed by atoms with E-state index in [1.165, 1.54) is 7.11 Å². The van der Waals surface area contributed by atoms with Gasteiger partial charge in [0.15, 0.2) is 0 Å². The maximum Gasteiger partial charge on any atom is 0.244 e. The zero-order valence-corrected chi connectivity index (χ0v) is 11.6. The first kappa shape index (κ1) is 12.8. The van der Waals surface area contributed by atoms with Gasteiger partial charge in [-0.05, 0) is 11.6 Å². The first-order chi connectivity index (χ1) is 9.67. The molecular weight excluding hydrogens is 284 g/mol. The SMILES string of the molecule is COc1nc(Cl)nc2cnn(CCc3nnc(C)o3)c12. The van der Waals surface area contributed by atoms with Crippen molar-refractivity contribution in [1.29, 1.82) is 0 Å². The van der Waals surface area contributed by atoms with Gasteiger partial charge in [0.2, 0.25) is 22.9 Å². The van der Waals surface area contributed by atoms with Crippen molar-refractivity contribution in [3.8, 4) is 5.88 Å². The van der Waals surface area contributed by atoms with Gasteiger partial charge in [-0.15, -0.1) is 10.2 Å². The molecule has 0 aliphatic carbocycles. The Labute approximate surface area is 118 Å². The number of hydrogen-bond acceptors (Lipinski definition) is 7. The van der Waals surface area contributed by atoms with Crippen LogP contribution in [0, 0.1) is 6.92 Å². The molecule has 3 aromatic rings. The molecule has 0 atom stereocenters. The maximum absolute atomic E-state index is 5.82. The van der Waals surface area contributed by atoms with E-state index < -0.39 is 0 Å². The summed E-state index contributed by atoms with van der Waals surface area (Å²) in [5.41, 5.74) is 1.32. The average molecular weight is 295 g/mol. The van der Waals surface area contributed by atoms with Crippen molar-refractivity contribution in [3.05, 3.63) is 23.3 Å². The summed E-state index contributed by atoms with van der Waals surface area (Å²) in [5, 5.41) is 12.1. The largest absolute Gasteiger partial charge is 0.479 e. The summed E-state index contributed by atoms with van der Waals surface area (Å²) in [7, 11) is 1.52. The topological polar surface area (TPSA) is 91.8 Å². The fourth-order valence-corrected chi connectivity index (χ4v) is 2.06. The summed E-state index contributed by atoms with van der Waals surface area (Å²) in [4.78, 5) is 8.14. The molecule has 0 unspecified atom stereocenters. The minimum absolute atomic E-state index is 0.126. The molecule has 3 heterocycles. The second-order valence-corrected chi connectivity index (χ2v) is 4.41. The second kappa shape index (κ2) is 5.04. The molecule has 104 valence electrons. The fraction of sp³-hybridized carbons (Fsp3) is 0.364. The third-order valence-electron chi connectivity index (χ3n) is 2.73. The summed E-state index contributed by atoms with van der Waals surface area (Å²) in [6.07, 6.45) is 2.17. The predicted molar refractivity (Wildman–Crippen MR) is 69.6 cm³/mol. The van der Waals surface area contributed by atoms with Gasteiger partial charge in [-0.25, -0.2) is 4.98 Å². The Morgan fingerprint density at radius 1 is 1.35 bits per heavy atom. The van der Waals surface area contributed by atoms with Gasteiger partial charge in [0, 0.05) is 13.3 Å². The second-order valence-electron chi connectivity index (χ2n) is 4.07. The summed E-state index contributed by atoms with van der Waals surface area (Å²) >= 11 is 5.82. The van der Waals surface area contributed by atoms with Gasteiger partial charge in [-0.2, -0.15) is 10.1 Å². The lowest BCUT2D eigenvalue weighted by Gasteiger charge is -2.05. The number of aromatic nitrogens is 6. The number of halogens is 1. The van der Waals surface area contributed by atoms with Gasteiger partial charge in [-0.1, -0.05) is 0 Å². The van der Waals surface area contributed by atoms with Crippen molar-refractivity contribution in [2.45, 2.75) is 19.9 Å². The molecule has 0 aliphatic heterocycles. The van der Waals surface area contributed by atoms with Crippen molar-refractivity contribution < 1.29 is 9.15 Å². The molecule has 0 spiro atoms. The number of rotatable bonds is 4. The average Bonchev–Trinajstić information content (AvgIpc) is 3.01. The predicted octanol–water partition coefficient (Wildman–Crippen LogP) is 1.42. The Hall–Kier alpha value is -2.22. The molecule has 0 N–H and O–H groups in total. The summed E-state index contributed by atoms with van der Waals surface area (Å²) < 4.78 is 12.3. The van der Waals surface area contributed by atoms with E-state index in [0.717, 1.165) is 0 Å². The van der Waals surface area contributed by atoms with Crippen LogP contribution in [0.1, 0.15) is 11.8 Å². The zero-order valence-electron chi connectivity index (χ0n) is 10.9. The third kappa shape index (κ3) is 2.29. The van der Waals surface area contributed by atoms with E-state index in [-0.39, 0.29) is 5.28 Å². The molecule has 0 radical (unpaired) electrons. The van der Waals surface area contributed by atoms with E-state index in [2.05, 4.69) is 25.3 Å².